The molecule has 2 aromatic carbocycles. The second-order valence-corrected chi connectivity index (χ2v) is 8.83. The van der Waals surface area contributed by atoms with Gasteiger partial charge in [0, 0.05) is 30.7 Å². The van der Waals surface area contributed by atoms with Crippen molar-refractivity contribution in [2.24, 2.45) is 0 Å². The van der Waals surface area contributed by atoms with Gasteiger partial charge in [-0.25, -0.2) is 9.78 Å². The first-order valence-corrected chi connectivity index (χ1v) is 11.4. The number of rotatable bonds is 4. The van der Waals surface area contributed by atoms with E-state index in [4.69, 9.17) is 56.1 Å². The minimum Gasteiger partial charge on any atom is -0.441 e. The molecule has 0 saturated heterocycles. The number of alkyl carbamates (subject to hydrolysis) is 1. The van der Waals surface area contributed by atoms with Crippen molar-refractivity contribution >= 4 is 75.2 Å². The SMILES string of the molecule is CCC(OC(=O)NC)c1ccc(Cl)c2nc3n(c12)CCCN3c1c(Cl)cc(Cl)cc1Cl. The summed E-state index contributed by atoms with van der Waals surface area (Å²) in [5.41, 5.74) is 2.97. The van der Waals surface area contributed by atoms with Gasteiger partial charge in [-0.3, -0.25) is 0 Å². The third-order valence-corrected chi connectivity index (χ3v) is 6.38. The maximum Gasteiger partial charge on any atom is 0.407 e. The second kappa shape index (κ2) is 8.94. The highest BCUT2D eigenvalue weighted by Gasteiger charge is 2.30. The number of aromatic nitrogens is 2. The molecule has 1 aliphatic heterocycles. The summed E-state index contributed by atoms with van der Waals surface area (Å²) < 4.78 is 7.68. The molecule has 2 heterocycles. The maximum absolute atomic E-state index is 11.9. The van der Waals surface area contributed by atoms with E-state index in [1.165, 1.54) is 7.05 Å². The van der Waals surface area contributed by atoms with Crippen molar-refractivity contribution in [3.05, 3.63) is 49.9 Å². The molecule has 10 heteroatoms. The van der Waals surface area contributed by atoms with Crippen LogP contribution in [0, 0.1) is 0 Å². The number of nitrogens with zero attached hydrogens (tertiary/aromatic N) is 3. The Bertz CT molecular complexity index is 1140. The first-order chi connectivity index (χ1) is 14.8. The maximum atomic E-state index is 11.9. The summed E-state index contributed by atoms with van der Waals surface area (Å²) in [6.07, 6.45) is 0.504. The van der Waals surface area contributed by atoms with Crippen LogP contribution in [-0.2, 0) is 11.3 Å². The molecule has 1 atom stereocenters. The average Bonchev–Trinajstić information content (AvgIpc) is 3.13. The minimum absolute atomic E-state index is 0.443. The molecule has 31 heavy (non-hydrogen) atoms. The van der Waals surface area contributed by atoms with E-state index in [0.29, 0.717) is 50.2 Å². The first kappa shape index (κ1) is 22.3. The zero-order valence-electron chi connectivity index (χ0n) is 16.9. The molecular formula is C21H20Cl4N4O2. The van der Waals surface area contributed by atoms with E-state index in [2.05, 4.69) is 9.88 Å². The van der Waals surface area contributed by atoms with E-state index in [0.717, 1.165) is 24.0 Å². The number of aryl methyl sites for hydroxylation is 1. The van der Waals surface area contributed by atoms with Gasteiger partial charge in [-0.05, 0) is 31.0 Å². The quantitative estimate of drug-likeness (QED) is 0.418. The number of hydrogen-bond acceptors (Lipinski definition) is 4. The van der Waals surface area contributed by atoms with Crippen molar-refractivity contribution in [2.75, 3.05) is 18.5 Å². The van der Waals surface area contributed by atoms with E-state index in [9.17, 15) is 4.79 Å². The van der Waals surface area contributed by atoms with E-state index < -0.39 is 12.2 Å². The lowest BCUT2D eigenvalue weighted by molar-refractivity contribution is 0.0976. The molecule has 0 aliphatic carbocycles. The Balaban J connectivity index is 1.91. The summed E-state index contributed by atoms with van der Waals surface area (Å²) in [6, 6.07) is 6.99. The lowest BCUT2D eigenvalue weighted by atomic mass is 10.0. The van der Waals surface area contributed by atoms with Gasteiger partial charge in [0.05, 0.1) is 26.3 Å². The topological polar surface area (TPSA) is 59.4 Å². The van der Waals surface area contributed by atoms with Gasteiger partial charge in [0.15, 0.2) is 0 Å². The Hall–Kier alpha value is -1.86. The number of amides is 1. The normalized spacial score (nSPS) is 14.5. The Morgan fingerprint density at radius 1 is 1.16 bits per heavy atom. The highest BCUT2D eigenvalue weighted by molar-refractivity contribution is 6.42. The van der Waals surface area contributed by atoms with Crippen LogP contribution in [0.2, 0.25) is 20.1 Å². The summed E-state index contributed by atoms with van der Waals surface area (Å²) in [5, 5.41) is 4.37. The molecule has 0 fully saturated rings. The molecule has 0 spiro atoms. The van der Waals surface area contributed by atoms with E-state index in [1.54, 1.807) is 18.2 Å². The third kappa shape index (κ3) is 4.02. The fourth-order valence-electron chi connectivity index (χ4n) is 3.94. The van der Waals surface area contributed by atoms with Gasteiger partial charge in [-0.2, -0.15) is 0 Å². The van der Waals surface area contributed by atoms with Crippen LogP contribution in [0.25, 0.3) is 11.0 Å². The predicted molar refractivity (Wildman–Crippen MR) is 126 cm³/mol. The van der Waals surface area contributed by atoms with Crippen molar-refractivity contribution in [2.45, 2.75) is 32.4 Å². The van der Waals surface area contributed by atoms with E-state index in [-0.39, 0.29) is 0 Å². The molecule has 6 nitrogen and oxygen atoms in total. The third-order valence-electron chi connectivity index (χ3n) is 5.28. The zero-order valence-corrected chi connectivity index (χ0v) is 19.9. The van der Waals surface area contributed by atoms with Gasteiger partial charge in [-0.15, -0.1) is 0 Å². The largest absolute Gasteiger partial charge is 0.441 e. The number of benzene rings is 2. The number of carbonyl (C=O) groups is 1. The predicted octanol–water partition coefficient (Wildman–Crippen LogP) is 7.00. The molecule has 4 rings (SSSR count). The summed E-state index contributed by atoms with van der Waals surface area (Å²) in [6.45, 7) is 3.37. The van der Waals surface area contributed by atoms with Crippen LogP contribution in [0.5, 0.6) is 0 Å². The fraction of sp³-hybridized carbons (Fsp3) is 0.333. The lowest BCUT2D eigenvalue weighted by Crippen LogP contribution is -2.29. The van der Waals surface area contributed by atoms with Crippen LogP contribution >= 0.6 is 46.4 Å². The number of anilines is 2. The van der Waals surface area contributed by atoms with Gasteiger partial charge < -0.3 is 19.5 Å². The van der Waals surface area contributed by atoms with Gasteiger partial charge in [0.2, 0.25) is 5.95 Å². The molecule has 0 saturated carbocycles. The number of halogens is 4. The number of ether oxygens (including phenoxy) is 1. The average molecular weight is 502 g/mol. The van der Waals surface area contributed by atoms with Crippen LogP contribution in [0.1, 0.15) is 31.4 Å². The van der Waals surface area contributed by atoms with Crippen LogP contribution in [0.4, 0.5) is 16.4 Å². The van der Waals surface area contributed by atoms with Crippen molar-refractivity contribution in [3.63, 3.8) is 0 Å². The number of nitrogens with one attached hydrogen (secondary N) is 1. The summed E-state index contributed by atoms with van der Waals surface area (Å²) in [5.74, 6) is 0.677. The van der Waals surface area contributed by atoms with Crippen LogP contribution in [0.15, 0.2) is 24.3 Å². The lowest BCUT2D eigenvalue weighted by Gasteiger charge is -2.31. The number of fused-ring (bicyclic) bond motifs is 3. The van der Waals surface area contributed by atoms with E-state index >= 15 is 0 Å². The molecule has 1 aliphatic rings. The molecule has 1 aromatic heterocycles. The number of imidazole rings is 1. The molecule has 1 N–H and O–H groups in total. The van der Waals surface area contributed by atoms with Crippen LogP contribution in [0.3, 0.4) is 0 Å². The number of hydrogen-bond donors (Lipinski definition) is 1. The Kier molecular flexibility index (Phi) is 6.44. The van der Waals surface area contributed by atoms with Gasteiger partial charge in [-0.1, -0.05) is 59.4 Å². The van der Waals surface area contributed by atoms with Crippen molar-refractivity contribution in [1.82, 2.24) is 14.9 Å². The molecule has 0 radical (unpaired) electrons. The number of carbonyl (C=O) groups excluding carboxylic acids is 1. The van der Waals surface area contributed by atoms with Crippen LogP contribution < -0.4 is 10.2 Å². The molecular weight excluding hydrogens is 482 g/mol. The van der Waals surface area contributed by atoms with Crippen molar-refractivity contribution in [3.8, 4) is 0 Å². The van der Waals surface area contributed by atoms with Crippen molar-refractivity contribution in [1.29, 1.82) is 0 Å². The molecule has 0 bridgehead atoms. The summed E-state index contributed by atoms with van der Waals surface area (Å²) in [7, 11) is 1.53. The zero-order chi connectivity index (χ0) is 22.3. The highest BCUT2D eigenvalue weighted by atomic mass is 35.5. The Morgan fingerprint density at radius 2 is 1.87 bits per heavy atom. The van der Waals surface area contributed by atoms with Crippen LogP contribution in [-0.4, -0.2) is 29.2 Å². The molecule has 1 unspecified atom stereocenters. The monoisotopic (exact) mass is 500 g/mol. The van der Waals surface area contributed by atoms with Gasteiger partial charge in [0.1, 0.15) is 11.6 Å². The Labute approximate surface area is 200 Å². The highest BCUT2D eigenvalue weighted by Crippen LogP contribution is 2.44. The summed E-state index contributed by atoms with van der Waals surface area (Å²) in [4.78, 5) is 18.7. The standard InChI is InChI=1S/C21H20Cl4N4O2/c1-3-16(31-21(30)26-2)12-5-6-13(23)17-18(12)28-7-4-8-29(20(28)27-17)19-14(24)9-11(22)10-15(19)25/h5-6,9-10,16H,3-4,7-8H2,1-2H3,(H,26,30). The molecule has 164 valence electrons. The minimum atomic E-state index is -0.491. The second-order valence-electron chi connectivity index (χ2n) is 7.17. The van der Waals surface area contributed by atoms with Crippen molar-refractivity contribution < 1.29 is 9.53 Å². The smallest absolute Gasteiger partial charge is 0.407 e. The molecule has 1 amide bonds. The first-order valence-electron chi connectivity index (χ1n) is 9.84. The van der Waals surface area contributed by atoms with E-state index in [1.807, 2.05) is 17.9 Å². The van der Waals surface area contributed by atoms with Gasteiger partial charge >= 0.3 is 6.09 Å². The summed E-state index contributed by atoms with van der Waals surface area (Å²) >= 11 is 25.6. The van der Waals surface area contributed by atoms with Gasteiger partial charge in [0.25, 0.3) is 0 Å². The molecule has 3 aromatic rings. The Morgan fingerprint density at radius 3 is 2.52 bits per heavy atom. The fourth-order valence-corrected chi connectivity index (χ4v) is 5.16.